The van der Waals surface area contributed by atoms with Crippen molar-refractivity contribution in [3.8, 4) is 0 Å². The van der Waals surface area contributed by atoms with Crippen molar-refractivity contribution in [1.82, 2.24) is 0 Å². The van der Waals surface area contributed by atoms with Gasteiger partial charge in [-0.15, -0.1) is 0 Å². The zero-order chi connectivity index (χ0) is 5.15. The van der Waals surface area contributed by atoms with E-state index in [-0.39, 0.29) is 17.1 Å². The second-order valence-electron chi connectivity index (χ2n) is 1.13. The second kappa shape index (κ2) is 4.12. The number of nitrogens with two attached hydrogens (primary N) is 1. The van der Waals surface area contributed by atoms with Gasteiger partial charge in [-0.3, -0.25) is 4.79 Å². The van der Waals surface area contributed by atoms with Crippen LogP contribution in [0.5, 0.6) is 0 Å². The van der Waals surface area contributed by atoms with Gasteiger partial charge in [0.25, 0.3) is 0 Å². The predicted molar refractivity (Wildman–Crippen MR) is 21.3 cm³/mol. The van der Waals surface area contributed by atoms with Crippen LogP contribution in [-0.2, 0) is 21.9 Å². The number of carboxylic acids is 1. The van der Waals surface area contributed by atoms with E-state index in [4.69, 9.17) is 10.8 Å². The third-order valence-electron chi connectivity index (χ3n) is 0.390. The summed E-state index contributed by atoms with van der Waals surface area (Å²) in [5.74, 6) is -0.963. The average Bonchev–Trinajstić information content (AvgIpc) is 1.36. The summed E-state index contributed by atoms with van der Waals surface area (Å²) in [5.41, 5.74) is 4.84. The van der Waals surface area contributed by atoms with Gasteiger partial charge in [-0.05, 0) is 6.92 Å². The van der Waals surface area contributed by atoms with Gasteiger partial charge in [-0.1, -0.05) is 0 Å². The second-order valence-corrected chi connectivity index (χ2v) is 1.13. The van der Waals surface area contributed by atoms with Crippen molar-refractivity contribution in [2.45, 2.75) is 13.0 Å². The Hall–Kier alpha value is -0.0505. The number of carbonyl (C=O) groups is 1. The molecule has 44 valence electrons. The first-order valence-corrected chi connectivity index (χ1v) is 1.63. The molecule has 0 aliphatic heterocycles. The third-order valence-corrected chi connectivity index (χ3v) is 0.390. The van der Waals surface area contributed by atoms with Crippen LogP contribution in [0.4, 0.5) is 0 Å². The van der Waals surface area contributed by atoms with Crippen molar-refractivity contribution in [3.63, 3.8) is 0 Å². The van der Waals surface area contributed by atoms with Crippen molar-refractivity contribution in [2.75, 3.05) is 0 Å². The predicted octanol–water partition coefficient (Wildman–Crippen LogP) is -0.584. The Kier molecular flexibility index (Phi) is 5.91. The monoisotopic (exact) mass is 145 g/mol. The Morgan fingerprint density at radius 2 is 2.00 bits per heavy atom. The molecule has 0 rings (SSSR count). The minimum atomic E-state index is -0.963. The Morgan fingerprint density at radius 1 is 1.86 bits per heavy atom. The fraction of sp³-hybridized carbons (Fsp3) is 0.667. The van der Waals surface area contributed by atoms with Crippen LogP contribution in [0, 0.1) is 0 Å². The maximum atomic E-state index is 9.57. The van der Waals surface area contributed by atoms with E-state index in [0.29, 0.717) is 0 Å². The van der Waals surface area contributed by atoms with E-state index in [1.165, 1.54) is 6.92 Å². The van der Waals surface area contributed by atoms with Crippen LogP contribution in [0.15, 0.2) is 0 Å². The molecule has 1 atom stereocenters. The molecule has 4 heteroatoms. The Balaban J connectivity index is 0. The number of carboxylic acid groups (broad SMARTS) is 1. The van der Waals surface area contributed by atoms with Crippen LogP contribution in [0.3, 0.4) is 0 Å². The smallest absolute Gasteiger partial charge is 0.320 e. The molecule has 0 radical (unpaired) electrons. The molecule has 3 nitrogen and oxygen atoms in total. The summed E-state index contributed by atoms with van der Waals surface area (Å²) in [6, 6.07) is -0.731. The summed E-state index contributed by atoms with van der Waals surface area (Å²) in [4.78, 5) is 9.57. The number of rotatable bonds is 1. The van der Waals surface area contributed by atoms with E-state index in [2.05, 4.69) is 0 Å². The molecule has 0 aliphatic rings. The van der Waals surface area contributed by atoms with Crippen LogP contribution in [0.2, 0.25) is 0 Å². The van der Waals surface area contributed by atoms with Crippen molar-refractivity contribution in [2.24, 2.45) is 5.73 Å². The van der Waals surface area contributed by atoms with Gasteiger partial charge in [-0.25, -0.2) is 0 Å². The summed E-state index contributed by atoms with van der Waals surface area (Å²) in [5, 5.41) is 7.87. The molecule has 0 aromatic carbocycles. The fourth-order valence-electron chi connectivity index (χ4n) is 0. The molecule has 0 saturated carbocycles. The van der Waals surface area contributed by atoms with Gasteiger partial charge in [0.05, 0.1) is 0 Å². The fourth-order valence-corrected chi connectivity index (χ4v) is 0. The molecule has 0 aliphatic carbocycles. The normalized spacial score (nSPS) is 11.7. The van der Waals surface area contributed by atoms with Gasteiger partial charge >= 0.3 is 5.97 Å². The van der Waals surface area contributed by atoms with E-state index >= 15 is 0 Å². The summed E-state index contributed by atoms with van der Waals surface area (Å²) in [7, 11) is 0. The molecule has 0 heterocycles. The molecule has 3 N–H and O–H groups in total. The van der Waals surface area contributed by atoms with Gasteiger partial charge in [0.2, 0.25) is 0 Å². The molecule has 0 spiro atoms. The van der Waals surface area contributed by atoms with Gasteiger partial charge in [0, 0.05) is 17.1 Å². The minimum absolute atomic E-state index is 0. The van der Waals surface area contributed by atoms with Crippen LogP contribution in [0.1, 0.15) is 6.92 Å². The Bertz CT molecular complexity index is 64.0. The summed E-state index contributed by atoms with van der Waals surface area (Å²) < 4.78 is 0. The van der Waals surface area contributed by atoms with Crippen molar-refractivity contribution < 1.29 is 27.0 Å². The van der Waals surface area contributed by atoms with Crippen molar-refractivity contribution >= 4 is 5.97 Å². The Labute approximate surface area is 52.4 Å². The van der Waals surface area contributed by atoms with E-state index in [1.807, 2.05) is 0 Å². The molecular formula is C3H7FeNO2. The number of aliphatic carboxylic acids is 1. The first-order chi connectivity index (χ1) is 2.64. The minimum Gasteiger partial charge on any atom is -0.480 e. The van der Waals surface area contributed by atoms with E-state index in [0.717, 1.165) is 0 Å². The SMILES string of the molecule is C[C@H](N)C(=O)O.[Fe]. The van der Waals surface area contributed by atoms with E-state index in [9.17, 15) is 4.79 Å². The van der Waals surface area contributed by atoms with Gasteiger partial charge in [-0.2, -0.15) is 0 Å². The topological polar surface area (TPSA) is 63.3 Å². The van der Waals surface area contributed by atoms with Gasteiger partial charge in [0.1, 0.15) is 6.04 Å². The summed E-state index contributed by atoms with van der Waals surface area (Å²) >= 11 is 0. The maximum absolute atomic E-state index is 9.57. The number of hydrogen-bond acceptors (Lipinski definition) is 2. The molecule has 0 aromatic heterocycles. The quantitative estimate of drug-likeness (QED) is 0.485. The summed E-state index contributed by atoms with van der Waals surface area (Å²) in [6.45, 7) is 1.42. The molecular weight excluding hydrogens is 138 g/mol. The standard InChI is InChI=1S/C3H7NO2.Fe/c1-2(4)3(5)6;/h2H,4H2,1H3,(H,5,6);/t2-;/m0./s1. The number of hydrogen-bond donors (Lipinski definition) is 2. The van der Waals surface area contributed by atoms with Crippen LogP contribution >= 0.6 is 0 Å². The molecule has 0 bridgehead atoms. The molecule has 0 fully saturated rings. The molecule has 7 heavy (non-hydrogen) atoms. The average molecular weight is 145 g/mol. The third kappa shape index (κ3) is 5.95. The molecule has 0 amide bonds. The van der Waals surface area contributed by atoms with Gasteiger partial charge in [0.15, 0.2) is 0 Å². The first-order valence-electron chi connectivity index (χ1n) is 1.63. The van der Waals surface area contributed by atoms with Crippen LogP contribution in [0.25, 0.3) is 0 Å². The van der Waals surface area contributed by atoms with Crippen LogP contribution in [-0.4, -0.2) is 17.1 Å². The molecule has 0 aromatic rings. The summed E-state index contributed by atoms with van der Waals surface area (Å²) in [6.07, 6.45) is 0. The zero-order valence-corrected chi connectivity index (χ0v) is 4.97. The van der Waals surface area contributed by atoms with Gasteiger partial charge < -0.3 is 10.8 Å². The Morgan fingerprint density at radius 3 is 2.00 bits per heavy atom. The van der Waals surface area contributed by atoms with E-state index in [1.54, 1.807) is 0 Å². The van der Waals surface area contributed by atoms with Crippen molar-refractivity contribution in [3.05, 3.63) is 0 Å². The molecule has 0 unspecified atom stereocenters. The zero-order valence-electron chi connectivity index (χ0n) is 3.86. The van der Waals surface area contributed by atoms with Crippen molar-refractivity contribution in [1.29, 1.82) is 0 Å². The van der Waals surface area contributed by atoms with Crippen LogP contribution < -0.4 is 5.73 Å². The molecule has 0 saturated heterocycles. The maximum Gasteiger partial charge on any atom is 0.320 e. The first kappa shape index (κ1) is 10.0. The largest absolute Gasteiger partial charge is 0.480 e. The van der Waals surface area contributed by atoms with E-state index < -0.39 is 12.0 Å².